The van der Waals surface area contributed by atoms with Crippen LogP contribution >= 0.6 is 23.1 Å². The fourth-order valence-corrected chi connectivity index (χ4v) is 3.53. The number of thioether (sulfide) groups is 1. The van der Waals surface area contributed by atoms with E-state index in [0.29, 0.717) is 5.16 Å². The molecule has 2 rings (SSSR count). The monoisotopic (exact) mass is 326 g/mol. The number of aromatic nitrogens is 4. The minimum Gasteiger partial charge on any atom is -0.481 e. The van der Waals surface area contributed by atoms with Crippen LogP contribution in [0.25, 0.3) is 0 Å². The lowest BCUT2D eigenvalue weighted by molar-refractivity contribution is -0.133. The summed E-state index contributed by atoms with van der Waals surface area (Å²) < 4.78 is 2.00. The number of hydrogen-bond acceptors (Lipinski definition) is 6. The second-order valence-electron chi connectivity index (χ2n) is 5.05. The number of nitrogens with zero attached hydrogens (tertiary/aromatic N) is 4. The molecular weight excluding hydrogens is 308 g/mol. The van der Waals surface area contributed by atoms with Gasteiger partial charge in [-0.05, 0) is 13.8 Å². The zero-order valence-electron chi connectivity index (χ0n) is 12.4. The van der Waals surface area contributed by atoms with Gasteiger partial charge in [0.1, 0.15) is 10.8 Å². The molecule has 1 unspecified atom stereocenters. The quantitative estimate of drug-likeness (QED) is 0.822. The van der Waals surface area contributed by atoms with E-state index in [1.54, 1.807) is 11.3 Å². The van der Waals surface area contributed by atoms with Crippen LogP contribution in [0, 0.1) is 6.92 Å². The molecule has 0 aromatic carbocycles. The van der Waals surface area contributed by atoms with E-state index in [9.17, 15) is 4.79 Å². The number of hydrogen-bond donors (Lipinski definition) is 1. The van der Waals surface area contributed by atoms with Gasteiger partial charge in [0.15, 0.2) is 5.16 Å². The minimum atomic E-state index is -0.863. The summed E-state index contributed by atoms with van der Waals surface area (Å²) in [5, 5.41) is 20.8. The smallest absolute Gasteiger partial charge is 0.313 e. The van der Waals surface area contributed by atoms with Crippen LogP contribution in [0.1, 0.15) is 49.3 Å². The second-order valence-corrected chi connectivity index (χ2v) is 6.88. The second kappa shape index (κ2) is 6.57. The summed E-state index contributed by atoms with van der Waals surface area (Å²) >= 11 is 2.79. The highest BCUT2D eigenvalue weighted by Crippen LogP contribution is 2.30. The van der Waals surface area contributed by atoms with E-state index in [4.69, 9.17) is 5.11 Å². The van der Waals surface area contributed by atoms with Crippen LogP contribution in [-0.4, -0.2) is 36.6 Å². The summed E-state index contributed by atoms with van der Waals surface area (Å²) in [6.07, 6.45) is 0. The van der Waals surface area contributed by atoms with E-state index in [2.05, 4.69) is 15.2 Å². The van der Waals surface area contributed by atoms with Crippen molar-refractivity contribution in [2.45, 2.75) is 44.8 Å². The number of thiazole rings is 1. The van der Waals surface area contributed by atoms with Crippen LogP contribution in [0.4, 0.5) is 0 Å². The fraction of sp³-hybridized carbons (Fsp3) is 0.538. The molecule has 1 N–H and O–H groups in total. The van der Waals surface area contributed by atoms with Crippen molar-refractivity contribution < 1.29 is 9.90 Å². The number of aliphatic carboxylic acids is 1. The Morgan fingerprint density at radius 3 is 2.67 bits per heavy atom. The van der Waals surface area contributed by atoms with Gasteiger partial charge in [-0.2, -0.15) is 0 Å². The van der Waals surface area contributed by atoms with Crippen molar-refractivity contribution in [3.63, 3.8) is 0 Å². The fourth-order valence-electron chi connectivity index (χ4n) is 1.95. The van der Waals surface area contributed by atoms with Gasteiger partial charge in [-0.25, -0.2) is 4.98 Å². The molecule has 0 saturated heterocycles. The third kappa shape index (κ3) is 3.62. The van der Waals surface area contributed by atoms with E-state index >= 15 is 0 Å². The molecule has 0 saturated carbocycles. The lowest BCUT2D eigenvalue weighted by Crippen LogP contribution is -2.13. The summed E-state index contributed by atoms with van der Waals surface area (Å²) in [6.45, 7) is 8.10. The van der Waals surface area contributed by atoms with Gasteiger partial charge < -0.3 is 5.11 Å². The van der Waals surface area contributed by atoms with Crippen molar-refractivity contribution in [2.75, 3.05) is 5.75 Å². The average molecular weight is 326 g/mol. The van der Waals surface area contributed by atoms with Crippen LogP contribution < -0.4 is 0 Å². The Hall–Kier alpha value is -1.41. The highest BCUT2D eigenvalue weighted by Gasteiger charge is 2.23. The molecule has 2 heterocycles. The molecule has 0 radical (unpaired) electrons. The highest BCUT2D eigenvalue weighted by atomic mass is 32.2. The normalized spacial score (nSPS) is 12.8. The maximum Gasteiger partial charge on any atom is 0.313 e. The van der Waals surface area contributed by atoms with Gasteiger partial charge in [-0.1, -0.05) is 25.6 Å². The molecule has 0 fully saturated rings. The van der Waals surface area contributed by atoms with Gasteiger partial charge in [0.05, 0.1) is 11.8 Å². The molecule has 0 bridgehead atoms. The van der Waals surface area contributed by atoms with E-state index in [1.165, 1.54) is 11.8 Å². The number of carboxylic acid groups (broad SMARTS) is 1. The van der Waals surface area contributed by atoms with E-state index in [1.807, 2.05) is 37.6 Å². The molecule has 0 amide bonds. The summed E-state index contributed by atoms with van der Waals surface area (Å²) in [5.41, 5.74) is 0.987. The van der Waals surface area contributed by atoms with Gasteiger partial charge >= 0.3 is 5.97 Å². The molecule has 0 spiro atoms. The molecule has 21 heavy (non-hydrogen) atoms. The first-order valence-electron chi connectivity index (χ1n) is 6.61. The summed E-state index contributed by atoms with van der Waals surface area (Å²) in [7, 11) is 0. The number of aryl methyl sites for hydroxylation is 1. The first kappa shape index (κ1) is 16.0. The van der Waals surface area contributed by atoms with Crippen LogP contribution in [0.2, 0.25) is 0 Å². The van der Waals surface area contributed by atoms with Crippen LogP contribution in [0.3, 0.4) is 0 Å². The SMILES string of the molecule is Cc1csc(C(C)n2c(SCC(=O)O)nnc2C(C)C)n1. The zero-order valence-corrected chi connectivity index (χ0v) is 14.0. The standard InChI is InChI=1S/C13H18N4O2S2/c1-7(2)11-15-16-13(21-6-10(18)19)17(11)9(4)12-14-8(3)5-20-12/h5,7,9H,6H2,1-4H3,(H,18,19). The number of carbonyl (C=O) groups is 1. The maximum atomic E-state index is 10.8. The van der Waals surface area contributed by atoms with Crippen molar-refractivity contribution in [3.8, 4) is 0 Å². The van der Waals surface area contributed by atoms with E-state index in [0.717, 1.165) is 16.5 Å². The molecule has 0 aliphatic rings. The Kier molecular flexibility index (Phi) is 5.00. The lowest BCUT2D eigenvalue weighted by Gasteiger charge is -2.17. The van der Waals surface area contributed by atoms with Gasteiger partial charge in [-0.15, -0.1) is 21.5 Å². The Balaban J connectivity index is 2.38. The highest BCUT2D eigenvalue weighted by molar-refractivity contribution is 7.99. The molecule has 2 aromatic heterocycles. The van der Waals surface area contributed by atoms with Crippen molar-refractivity contribution >= 4 is 29.1 Å². The van der Waals surface area contributed by atoms with Gasteiger partial charge in [0.2, 0.25) is 0 Å². The molecule has 0 aliphatic carbocycles. The lowest BCUT2D eigenvalue weighted by atomic mass is 10.2. The van der Waals surface area contributed by atoms with E-state index in [-0.39, 0.29) is 17.7 Å². The first-order chi connectivity index (χ1) is 9.90. The predicted molar refractivity (Wildman–Crippen MR) is 83.1 cm³/mol. The predicted octanol–water partition coefficient (Wildman–Crippen LogP) is 2.95. The number of rotatable bonds is 6. The maximum absolute atomic E-state index is 10.8. The van der Waals surface area contributed by atoms with Crippen molar-refractivity contribution in [1.29, 1.82) is 0 Å². The van der Waals surface area contributed by atoms with Crippen LogP contribution in [-0.2, 0) is 4.79 Å². The summed E-state index contributed by atoms with van der Waals surface area (Å²) in [5.74, 6) is 0.168. The van der Waals surface area contributed by atoms with Gasteiger partial charge in [0, 0.05) is 17.0 Å². The number of carboxylic acids is 1. The van der Waals surface area contributed by atoms with Gasteiger partial charge in [0.25, 0.3) is 0 Å². The van der Waals surface area contributed by atoms with Crippen LogP contribution in [0.5, 0.6) is 0 Å². The molecule has 2 aromatic rings. The zero-order chi connectivity index (χ0) is 15.6. The van der Waals surface area contributed by atoms with Crippen LogP contribution in [0.15, 0.2) is 10.5 Å². The largest absolute Gasteiger partial charge is 0.481 e. The Morgan fingerprint density at radius 2 is 2.14 bits per heavy atom. The Morgan fingerprint density at radius 1 is 1.43 bits per heavy atom. The van der Waals surface area contributed by atoms with E-state index < -0.39 is 5.97 Å². The van der Waals surface area contributed by atoms with Gasteiger partial charge in [-0.3, -0.25) is 9.36 Å². The molecule has 114 valence electrons. The summed E-state index contributed by atoms with van der Waals surface area (Å²) in [6, 6.07) is -0.00704. The first-order valence-corrected chi connectivity index (χ1v) is 8.48. The third-order valence-electron chi connectivity index (χ3n) is 2.91. The Bertz CT molecular complexity index is 636. The average Bonchev–Trinajstić information content (AvgIpc) is 3.01. The molecular formula is C13H18N4O2S2. The minimum absolute atomic E-state index is 0.00704. The van der Waals surface area contributed by atoms with Crippen molar-refractivity contribution in [1.82, 2.24) is 19.7 Å². The van der Waals surface area contributed by atoms with Crippen molar-refractivity contribution in [2.24, 2.45) is 0 Å². The molecule has 6 nitrogen and oxygen atoms in total. The molecule has 8 heteroatoms. The molecule has 1 atom stereocenters. The molecule has 0 aliphatic heterocycles. The third-order valence-corrected chi connectivity index (χ3v) is 4.97. The topological polar surface area (TPSA) is 80.9 Å². The summed E-state index contributed by atoms with van der Waals surface area (Å²) in [4.78, 5) is 15.3. The Labute approximate surface area is 131 Å². The van der Waals surface area contributed by atoms with Crippen molar-refractivity contribution in [3.05, 3.63) is 21.9 Å².